The Hall–Kier alpha value is -1.85. The first-order valence-electron chi connectivity index (χ1n) is 6.32. The van der Waals surface area contributed by atoms with Gasteiger partial charge in [0.15, 0.2) is 0 Å². The first kappa shape index (κ1) is 16.2. The molecule has 0 atom stereocenters. The Morgan fingerprint density at radius 3 is 2.70 bits per heavy atom. The number of nitrogens with zero attached hydrogens (tertiary/aromatic N) is 2. The van der Waals surface area contributed by atoms with Gasteiger partial charge in [-0.05, 0) is 32.0 Å². The Balaban J connectivity index is 0.00000200. The Morgan fingerprint density at radius 1 is 1.35 bits per heavy atom. The van der Waals surface area contributed by atoms with Crippen LogP contribution < -0.4 is 11.1 Å². The maximum Gasteiger partial charge on any atom is 0.254 e. The molecule has 2 aromatic rings. The SMILES string of the molecule is Cc1c(C(=O)NCCCN)cnn1-c1ccccc1.Cl. The van der Waals surface area contributed by atoms with Gasteiger partial charge in [0.1, 0.15) is 0 Å². The largest absolute Gasteiger partial charge is 0.352 e. The van der Waals surface area contributed by atoms with Crippen LogP contribution in [0.2, 0.25) is 0 Å². The van der Waals surface area contributed by atoms with Crippen LogP contribution in [0.5, 0.6) is 0 Å². The average Bonchev–Trinajstić information content (AvgIpc) is 2.82. The summed E-state index contributed by atoms with van der Waals surface area (Å²) in [5.41, 5.74) is 7.77. The van der Waals surface area contributed by atoms with E-state index in [0.29, 0.717) is 18.7 Å². The van der Waals surface area contributed by atoms with E-state index in [1.807, 2.05) is 37.3 Å². The van der Waals surface area contributed by atoms with E-state index in [2.05, 4.69) is 10.4 Å². The second-order valence-corrected chi connectivity index (χ2v) is 4.29. The van der Waals surface area contributed by atoms with Gasteiger partial charge in [-0.3, -0.25) is 4.79 Å². The molecule has 6 heteroatoms. The van der Waals surface area contributed by atoms with Gasteiger partial charge >= 0.3 is 0 Å². The standard InChI is InChI=1S/C14H18N4O.ClH/c1-11-13(14(19)16-9-5-8-15)10-17-18(11)12-6-3-2-4-7-12;/h2-4,6-7,10H,5,8-9,15H2,1H3,(H,16,19);1H. The van der Waals surface area contributed by atoms with Gasteiger partial charge in [-0.2, -0.15) is 5.10 Å². The second-order valence-electron chi connectivity index (χ2n) is 4.29. The summed E-state index contributed by atoms with van der Waals surface area (Å²) >= 11 is 0. The van der Waals surface area contributed by atoms with Crippen LogP contribution in [0.15, 0.2) is 36.5 Å². The average molecular weight is 295 g/mol. The zero-order valence-corrected chi connectivity index (χ0v) is 12.2. The number of carbonyl (C=O) groups excluding carboxylic acids is 1. The minimum absolute atomic E-state index is 0. The van der Waals surface area contributed by atoms with Crippen molar-refractivity contribution in [3.63, 3.8) is 0 Å². The van der Waals surface area contributed by atoms with Crippen molar-refractivity contribution >= 4 is 18.3 Å². The van der Waals surface area contributed by atoms with Crippen molar-refractivity contribution in [3.8, 4) is 5.69 Å². The van der Waals surface area contributed by atoms with Crippen LogP contribution in [0.3, 0.4) is 0 Å². The van der Waals surface area contributed by atoms with E-state index in [1.54, 1.807) is 10.9 Å². The van der Waals surface area contributed by atoms with Crippen LogP contribution in [-0.4, -0.2) is 28.8 Å². The number of aromatic nitrogens is 2. The summed E-state index contributed by atoms with van der Waals surface area (Å²) in [6.07, 6.45) is 2.37. The molecule has 0 saturated heterocycles. The highest BCUT2D eigenvalue weighted by Crippen LogP contribution is 2.13. The molecule has 0 aliphatic carbocycles. The van der Waals surface area contributed by atoms with E-state index in [-0.39, 0.29) is 18.3 Å². The molecular weight excluding hydrogens is 276 g/mol. The molecule has 20 heavy (non-hydrogen) atoms. The lowest BCUT2D eigenvalue weighted by molar-refractivity contribution is 0.0953. The van der Waals surface area contributed by atoms with Gasteiger partial charge in [0.05, 0.1) is 23.1 Å². The van der Waals surface area contributed by atoms with E-state index in [0.717, 1.165) is 17.8 Å². The molecule has 108 valence electrons. The highest BCUT2D eigenvalue weighted by Gasteiger charge is 2.14. The first-order valence-corrected chi connectivity index (χ1v) is 6.32. The highest BCUT2D eigenvalue weighted by molar-refractivity contribution is 5.95. The fraction of sp³-hybridized carbons (Fsp3) is 0.286. The smallest absolute Gasteiger partial charge is 0.254 e. The van der Waals surface area contributed by atoms with Gasteiger partial charge in [0.25, 0.3) is 5.91 Å². The molecule has 0 radical (unpaired) electrons. The van der Waals surface area contributed by atoms with Crippen molar-refractivity contribution in [1.82, 2.24) is 15.1 Å². The number of hydrogen-bond acceptors (Lipinski definition) is 3. The van der Waals surface area contributed by atoms with E-state index in [4.69, 9.17) is 5.73 Å². The molecule has 0 aliphatic heterocycles. The van der Waals surface area contributed by atoms with Crippen LogP contribution in [0.1, 0.15) is 22.5 Å². The number of rotatable bonds is 5. The van der Waals surface area contributed by atoms with Gasteiger partial charge < -0.3 is 11.1 Å². The van der Waals surface area contributed by atoms with Crippen molar-refractivity contribution in [2.75, 3.05) is 13.1 Å². The van der Waals surface area contributed by atoms with Crippen LogP contribution in [0.25, 0.3) is 5.69 Å². The van der Waals surface area contributed by atoms with Crippen molar-refractivity contribution in [1.29, 1.82) is 0 Å². The number of benzene rings is 1. The van der Waals surface area contributed by atoms with E-state index in [1.165, 1.54) is 0 Å². The summed E-state index contributed by atoms with van der Waals surface area (Å²) in [7, 11) is 0. The fourth-order valence-electron chi connectivity index (χ4n) is 1.86. The zero-order valence-electron chi connectivity index (χ0n) is 11.4. The van der Waals surface area contributed by atoms with Crippen LogP contribution in [0, 0.1) is 6.92 Å². The van der Waals surface area contributed by atoms with Gasteiger partial charge in [-0.1, -0.05) is 18.2 Å². The van der Waals surface area contributed by atoms with E-state index in [9.17, 15) is 4.79 Å². The number of nitrogens with one attached hydrogen (secondary N) is 1. The summed E-state index contributed by atoms with van der Waals surface area (Å²) in [5.74, 6) is -0.104. The van der Waals surface area contributed by atoms with Crippen molar-refractivity contribution < 1.29 is 4.79 Å². The van der Waals surface area contributed by atoms with E-state index >= 15 is 0 Å². The van der Waals surface area contributed by atoms with Gasteiger partial charge in [0.2, 0.25) is 0 Å². The molecule has 1 heterocycles. The quantitative estimate of drug-likeness (QED) is 0.824. The Kier molecular flexibility index (Phi) is 6.21. The van der Waals surface area contributed by atoms with Crippen LogP contribution >= 0.6 is 12.4 Å². The Bertz CT molecular complexity index is 554. The molecule has 1 aromatic carbocycles. The number of amides is 1. The van der Waals surface area contributed by atoms with Gasteiger partial charge in [0, 0.05) is 6.54 Å². The third kappa shape index (κ3) is 3.59. The lowest BCUT2D eigenvalue weighted by Gasteiger charge is -2.06. The molecule has 0 fully saturated rings. The summed E-state index contributed by atoms with van der Waals surface area (Å²) < 4.78 is 1.76. The molecule has 1 aromatic heterocycles. The lowest BCUT2D eigenvalue weighted by atomic mass is 10.2. The maximum atomic E-state index is 12.0. The summed E-state index contributed by atoms with van der Waals surface area (Å²) in [6, 6.07) is 9.74. The van der Waals surface area contributed by atoms with Crippen molar-refractivity contribution in [3.05, 3.63) is 47.8 Å². The van der Waals surface area contributed by atoms with Crippen LogP contribution in [0.4, 0.5) is 0 Å². The third-order valence-electron chi connectivity index (χ3n) is 2.92. The lowest BCUT2D eigenvalue weighted by Crippen LogP contribution is -2.26. The van der Waals surface area contributed by atoms with Gasteiger partial charge in [-0.15, -0.1) is 12.4 Å². The summed E-state index contributed by atoms with van der Waals surface area (Å²) in [4.78, 5) is 12.0. The summed E-state index contributed by atoms with van der Waals surface area (Å²) in [6.45, 7) is 3.05. The van der Waals surface area contributed by atoms with Gasteiger partial charge in [-0.25, -0.2) is 4.68 Å². The topological polar surface area (TPSA) is 72.9 Å². The molecular formula is C14H19ClN4O. The highest BCUT2D eigenvalue weighted by atomic mass is 35.5. The number of para-hydroxylation sites is 1. The predicted molar refractivity (Wildman–Crippen MR) is 81.6 cm³/mol. The van der Waals surface area contributed by atoms with Crippen molar-refractivity contribution in [2.45, 2.75) is 13.3 Å². The summed E-state index contributed by atoms with van der Waals surface area (Å²) in [5, 5.41) is 7.10. The monoisotopic (exact) mass is 294 g/mol. The minimum Gasteiger partial charge on any atom is -0.352 e. The third-order valence-corrected chi connectivity index (χ3v) is 2.92. The zero-order chi connectivity index (χ0) is 13.7. The predicted octanol–water partition coefficient (Wildman–Crippen LogP) is 1.68. The second kappa shape index (κ2) is 7.67. The number of carbonyl (C=O) groups is 1. The van der Waals surface area contributed by atoms with E-state index < -0.39 is 0 Å². The Morgan fingerprint density at radius 2 is 2.05 bits per heavy atom. The fourth-order valence-corrected chi connectivity index (χ4v) is 1.86. The minimum atomic E-state index is -0.104. The molecule has 2 rings (SSSR count). The van der Waals surface area contributed by atoms with Crippen molar-refractivity contribution in [2.24, 2.45) is 5.73 Å². The normalized spacial score (nSPS) is 9.90. The molecule has 5 nitrogen and oxygen atoms in total. The molecule has 0 saturated carbocycles. The molecule has 3 N–H and O–H groups in total. The first-order chi connectivity index (χ1) is 9.24. The Labute approximate surface area is 124 Å². The molecule has 0 aliphatic rings. The maximum absolute atomic E-state index is 12.0. The molecule has 0 unspecified atom stereocenters. The number of hydrogen-bond donors (Lipinski definition) is 2. The number of nitrogens with two attached hydrogens (primary N) is 1. The number of halogens is 1. The molecule has 1 amide bonds. The van der Waals surface area contributed by atoms with Crippen LogP contribution in [-0.2, 0) is 0 Å². The molecule has 0 spiro atoms. The molecule has 0 bridgehead atoms.